The maximum Gasteiger partial charge on any atom is 0.258 e. The van der Waals surface area contributed by atoms with Gasteiger partial charge in [-0.15, -0.1) is 0 Å². The van der Waals surface area contributed by atoms with Crippen LogP contribution in [0.15, 0.2) is 85.5 Å². The molecule has 1 unspecified atom stereocenters. The second kappa shape index (κ2) is 13.7. The Bertz CT molecular complexity index is 1280. The van der Waals surface area contributed by atoms with Gasteiger partial charge in [0.15, 0.2) is 0 Å². The molecule has 0 saturated carbocycles. The van der Waals surface area contributed by atoms with E-state index in [-0.39, 0.29) is 17.6 Å². The molecule has 0 aliphatic rings. The van der Waals surface area contributed by atoms with Crippen molar-refractivity contribution in [2.24, 2.45) is 0 Å². The van der Waals surface area contributed by atoms with Gasteiger partial charge >= 0.3 is 0 Å². The third-order valence-electron chi connectivity index (χ3n) is 6.57. The molecule has 38 heavy (non-hydrogen) atoms. The van der Waals surface area contributed by atoms with Crippen LogP contribution in [0, 0.1) is 5.82 Å². The Balaban J connectivity index is 2.46. The average molecular weight is 515 g/mol. The average Bonchev–Trinajstić information content (AvgIpc) is 3.23. The van der Waals surface area contributed by atoms with Gasteiger partial charge in [0.05, 0.1) is 17.4 Å². The van der Waals surface area contributed by atoms with E-state index >= 15 is 0 Å². The first-order chi connectivity index (χ1) is 18.3. The predicted molar refractivity (Wildman–Crippen MR) is 157 cm³/mol. The van der Waals surface area contributed by atoms with Gasteiger partial charge in [-0.05, 0) is 80.1 Å². The zero-order valence-corrected chi connectivity index (χ0v) is 22.9. The van der Waals surface area contributed by atoms with Gasteiger partial charge in [-0.2, -0.15) is 0 Å². The molecule has 5 heteroatoms. The largest absolute Gasteiger partial charge is 0.393 e. The van der Waals surface area contributed by atoms with Crippen LogP contribution in [0.4, 0.5) is 10.1 Å². The Morgan fingerprint density at radius 2 is 1.76 bits per heavy atom. The van der Waals surface area contributed by atoms with Gasteiger partial charge in [0.2, 0.25) is 0 Å². The third kappa shape index (κ3) is 6.78. The number of hydrogen-bond donors (Lipinski definition) is 2. The standard InChI is InChI=1S/C33H39FN2O2/c1-6-12-23(4)31-30(33(38)35-28-15-10-9-11-16-28)29(25(13-7-2)14-8-3)32(36(31)22-21-24(5)37)26-17-19-27(34)20-18-26/h7-11,13-20,23-24,37H,2,6,12,21-22H2,1,3-5H3,(H,35,38)/b14-8-,25-13+/t23?,24-/m0/s1. The van der Waals surface area contributed by atoms with E-state index < -0.39 is 6.10 Å². The van der Waals surface area contributed by atoms with Crippen molar-refractivity contribution in [3.8, 4) is 11.3 Å². The Morgan fingerprint density at radius 3 is 2.34 bits per heavy atom. The number of rotatable bonds is 12. The number of halogens is 1. The van der Waals surface area contributed by atoms with Crippen molar-refractivity contribution in [2.45, 2.75) is 65.5 Å². The topological polar surface area (TPSA) is 54.3 Å². The number of carbonyl (C=O) groups excluding carboxylic acids is 1. The minimum Gasteiger partial charge on any atom is -0.393 e. The highest BCUT2D eigenvalue weighted by atomic mass is 19.1. The summed E-state index contributed by atoms with van der Waals surface area (Å²) in [6.45, 7) is 12.4. The minimum absolute atomic E-state index is 0.0639. The van der Waals surface area contributed by atoms with Crippen LogP contribution < -0.4 is 5.32 Å². The molecule has 2 atom stereocenters. The van der Waals surface area contributed by atoms with Crippen molar-refractivity contribution < 1.29 is 14.3 Å². The molecule has 2 N–H and O–H groups in total. The molecule has 3 rings (SSSR count). The third-order valence-corrected chi connectivity index (χ3v) is 6.57. The second-order valence-electron chi connectivity index (χ2n) is 9.65. The summed E-state index contributed by atoms with van der Waals surface area (Å²) in [5.74, 6) is -0.467. The SMILES string of the molecule is C=C/C=C(\C=C/C)c1c(C(=O)Nc2ccccc2)c(C(C)CCC)n(CC[C@H](C)O)c1-c1ccc(F)cc1. The van der Waals surface area contributed by atoms with Crippen LogP contribution in [0.2, 0.25) is 0 Å². The number of benzene rings is 2. The molecule has 0 fully saturated rings. The first-order valence-corrected chi connectivity index (χ1v) is 13.3. The van der Waals surface area contributed by atoms with E-state index in [1.807, 2.05) is 55.5 Å². The van der Waals surface area contributed by atoms with E-state index in [1.54, 1.807) is 25.1 Å². The lowest BCUT2D eigenvalue weighted by Crippen LogP contribution is -2.18. The van der Waals surface area contributed by atoms with Crippen LogP contribution in [0.3, 0.4) is 0 Å². The Kier molecular flexibility index (Phi) is 10.4. The molecule has 1 heterocycles. The van der Waals surface area contributed by atoms with E-state index in [0.29, 0.717) is 24.2 Å². The quantitative estimate of drug-likeness (QED) is 0.239. The molecule has 0 radical (unpaired) electrons. The monoisotopic (exact) mass is 514 g/mol. The molecule has 0 bridgehead atoms. The van der Waals surface area contributed by atoms with Crippen LogP contribution in [0.5, 0.6) is 0 Å². The number of aliphatic hydroxyl groups is 1. The van der Waals surface area contributed by atoms with Crippen molar-refractivity contribution >= 4 is 17.2 Å². The van der Waals surface area contributed by atoms with E-state index in [1.165, 1.54) is 12.1 Å². The Labute approximate surface area is 226 Å². The summed E-state index contributed by atoms with van der Waals surface area (Å²) in [7, 11) is 0. The number of para-hydroxylation sites is 1. The molecule has 2 aromatic carbocycles. The summed E-state index contributed by atoms with van der Waals surface area (Å²) in [5.41, 5.74) is 5.44. The summed E-state index contributed by atoms with van der Waals surface area (Å²) in [4.78, 5) is 14.2. The lowest BCUT2D eigenvalue weighted by atomic mass is 9.92. The fourth-order valence-electron chi connectivity index (χ4n) is 4.93. The Hall–Kier alpha value is -3.70. The van der Waals surface area contributed by atoms with Crippen LogP contribution in [-0.4, -0.2) is 21.7 Å². The normalized spacial score (nSPS) is 13.5. The molecule has 3 aromatic rings. The van der Waals surface area contributed by atoms with Crippen molar-refractivity contribution in [1.29, 1.82) is 0 Å². The maximum atomic E-state index is 14.2. The number of allylic oxidation sites excluding steroid dienone is 5. The van der Waals surface area contributed by atoms with Gasteiger partial charge in [0.25, 0.3) is 5.91 Å². The maximum absolute atomic E-state index is 14.2. The van der Waals surface area contributed by atoms with Crippen molar-refractivity contribution in [3.05, 3.63) is 108 Å². The molecule has 0 saturated heterocycles. The highest BCUT2D eigenvalue weighted by Crippen LogP contribution is 2.42. The lowest BCUT2D eigenvalue weighted by Gasteiger charge is -2.20. The van der Waals surface area contributed by atoms with Crippen LogP contribution >= 0.6 is 0 Å². The van der Waals surface area contributed by atoms with Gasteiger partial charge in [0.1, 0.15) is 5.82 Å². The fourth-order valence-corrected chi connectivity index (χ4v) is 4.93. The first-order valence-electron chi connectivity index (χ1n) is 13.3. The Morgan fingerprint density at radius 1 is 1.08 bits per heavy atom. The number of aromatic nitrogens is 1. The number of carbonyl (C=O) groups is 1. The smallest absolute Gasteiger partial charge is 0.258 e. The number of aliphatic hydroxyl groups excluding tert-OH is 1. The molecule has 1 amide bonds. The van der Waals surface area contributed by atoms with E-state index in [4.69, 9.17) is 0 Å². The van der Waals surface area contributed by atoms with Gasteiger partial charge < -0.3 is 15.0 Å². The summed E-state index contributed by atoms with van der Waals surface area (Å²) in [5, 5.41) is 13.3. The number of nitrogens with zero attached hydrogens (tertiary/aromatic N) is 1. The summed E-state index contributed by atoms with van der Waals surface area (Å²) < 4.78 is 16.2. The predicted octanol–water partition coefficient (Wildman–Crippen LogP) is 8.37. The lowest BCUT2D eigenvalue weighted by molar-refractivity contribution is 0.102. The molecule has 0 aliphatic heterocycles. The van der Waals surface area contributed by atoms with Crippen molar-refractivity contribution in [1.82, 2.24) is 4.57 Å². The number of nitrogens with one attached hydrogen (secondary N) is 1. The first kappa shape index (κ1) is 28.9. The zero-order valence-electron chi connectivity index (χ0n) is 22.9. The van der Waals surface area contributed by atoms with E-state index in [2.05, 4.69) is 30.3 Å². The molecular formula is C33H39FN2O2. The molecule has 0 spiro atoms. The summed E-state index contributed by atoms with van der Waals surface area (Å²) in [6, 6.07) is 15.8. The van der Waals surface area contributed by atoms with Gasteiger partial charge in [-0.3, -0.25) is 4.79 Å². The van der Waals surface area contributed by atoms with Crippen molar-refractivity contribution in [3.63, 3.8) is 0 Å². The molecule has 0 aliphatic carbocycles. The minimum atomic E-state index is -0.517. The van der Waals surface area contributed by atoms with Crippen molar-refractivity contribution in [2.75, 3.05) is 5.32 Å². The second-order valence-corrected chi connectivity index (χ2v) is 9.65. The number of hydrogen-bond acceptors (Lipinski definition) is 2. The highest BCUT2D eigenvalue weighted by Gasteiger charge is 2.31. The van der Waals surface area contributed by atoms with Gasteiger partial charge in [-0.25, -0.2) is 4.39 Å². The molecule has 200 valence electrons. The van der Waals surface area contributed by atoms with Gasteiger partial charge in [0, 0.05) is 23.5 Å². The zero-order chi connectivity index (χ0) is 27.7. The molecular weight excluding hydrogens is 475 g/mol. The summed E-state index contributed by atoms with van der Waals surface area (Å²) >= 11 is 0. The van der Waals surface area contributed by atoms with E-state index in [0.717, 1.165) is 40.9 Å². The van der Waals surface area contributed by atoms with Crippen LogP contribution in [-0.2, 0) is 6.54 Å². The molecule has 4 nitrogen and oxygen atoms in total. The van der Waals surface area contributed by atoms with Crippen LogP contribution in [0.25, 0.3) is 16.8 Å². The molecule has 1 aromatic heterocycles. The fraction of sp³-hybridized carbons (Fsp3) is 0.303. The number of anilines is 1. The summed E-state index contributed by atoms with van der Waals surface area (Å²) in [6.07, 6.45) is 9.35. The van der Waals surface area contributed by atoms with E-state index in [9.17, 15) is 14.3 Å². The highest BCUT2D eigenvalue weighted by molar-refractivity contribution is 6.11. The van der Waals surface area contributed by atoms with Crippen LogP contribution in [0.1, 0.15) is 74.5 Å². The van der Waals surface area contributed by atoms with Gasteiger partial charge in [-0.1, -0.05) is 69.4 Å². The number of amides is 1.